The highest BCUT2D eigenvalue weighted by atomic mass is 32.2. The largest absolute Gasteiger partial charge is 0.748 e. The van der Waals surface area contributed by atoms with Gasteiger partial charge in [-0.1, -0.05) is 24.3 Å². The van der Waals surface area contributed by atoms with Gasteiger partial charge in [0.15, 0.2) is 11.9 Å². The molecule has 0 radical (unpaired) electrons. The summed E-state index contributed by atoms with van der Waals surface area (Å²) in [6.45, 7) is 0.708. The number of para-hydroxylation sites is 3. The van der Waals surface area contributed by atoms with E-state index in [0.717, 1.165) is 22.2 Å². The molecule has 0 bridgehead atoms. The monoisotopic (exact) mass is 504 g/mol. The number of ether oxygens (including phenoxy) is 1. The van der Waals surface area contributed by atoms with Gasteiger partial charge in [0.25, 0.3) is 10.1 Å². The number of anilines is 1. The highest BCUT2D eigenvalue weighted by Crippen LogP contribution is 2.39. The molecule has 0 fully saturated rings. The van der Waals surface area contributed by atoms with Crippen LogP contribution in [0.1, 0.15) is 18.4 Å². The highest BCUT2D eigenvalue weighted by Gasteiger charge is 2.26. The fraction of sp³-hybridized carbons (Fsp3) is 0.261. The number of fused-ring (bicyclic) bond motifs is 2. The molecular weight excluding hydrogens is 480 g/mol. The second-order valence-corrected chi connectivity index (χ2v) is 11.0. The molecule has 180 valence electrons. The smallest absolute Gasteiger partial charge is 0.265 e. The maximum Gasteiger partial charge on any atom is 0.265 e. The van der Waals surface area contributed by atoms with E-state index in [1.807, 2.05) is 76.3 Å². The van der Waals surface area contributed by atoms with Crippen LogP contribution in [0.2, 0.25) is 0 Å². The van der Waals surface area contributed by atoms with Gasteiger partial charge in [-0.3, -0.25) is 4.55 Å². The van der Waals surface area contributed by atoms with Gasteiger partial charge in [0.1, 0.15) is 6.54 Å². The first-order valence-electron chi connectivity index (χ1n) is 10.7. The Labute approximate surface area is 198 Å². The summed E-state index contributed by atoms with van der Waals surface area (Å²) in [5, 5.41) is 0.908. The predicted molar refractivity (Wildman–Crippen MR) is 127 cm³/mol. The Morgan fingerprint density at radius 3 is 2.47 bits per heavy atom. The van der Waals surface area contributed by atoms with Crippen LogP contribution in [0.5, 0.6) is 5.75 Å². The van der Waals surface area contributed by atoms with E-state index >= 15 is 0 Å². The Morgan fingerprint density at radius 1 is 0.971 bits per heavy atom. The molecule has 9 nitrogen and oxygen atoms in total. The number of rotatable bonds is 9. The van der Waals surface area contributed by atoms with Gasteiger partial charge >= 0.3 is 0 Å². The van der Waals surface area contributed by atoms with E-state index in [2.05, 4.69) is 0 Å². The summed E-state index contributed by atoms with van der Waals surface area (Å²) in [5.41, 5.74) is 2.52. The minimum atomic E-state index is -4.31. The summed E-state index contributed by atoms with van der Waals surface area (Å²) < 4.78 is 72.3. The molecule has 1 aromatic heterocycles. The molecule has 0 saturated heterocycles. The molecule has 0 atom stereocenters. The minimum absolute atomic E-state index is 0.157. The lowest BCUT2D eigenvalue weighted by atomic mass is 10.1. The van der Waals surface area contributed by atoms with E-state index in [4.69, 9.17) is 9.29 Å². The van der Waals surface area contributed by atoms with Crippen LogP contribution < -0.4 is 14.2 Å². The lowest BCUT2D eigenvalue weighted by Gasteiger charge is -2.19. The van der Waals surface area contributed by atoms with Crippen LogP contribution in [0.3, 0.4) is 0 Å². The van der Waals surface area contributed by atoms with Crippen molar-refractivity contribution in [3.63, 3.8) is 0 Å². The number of aromatic nitrogens is 1. The standard InChI is InChI=1S/C23H24N2O7S2/c26-33(27,28)15-5-12-24-14-11-18(19-7-1-2-8-20(19)24)17-23-25(13-6-16-34(29,30)31)21-9-3-4-10-22(21)32-23/h1-4,7-11,14,17H,5-6,12-13,15-16H2,(H-,26,27,28,29,30,31). The van der Waals surface area contributed by atoms with Crippen molar-refractivity contribution >= 4 is 42.9 Å². The van der Waals surface area contributed by atoms with Crippen molar-refractivity contribution < 1.29 is 35.2 Å². The first-order valence-corrected chi connectivity index (χ1v) is 13.9. The summed E-state index contributed by atoms with van der Waals surface area (Å²) in [6, 6.07) is 16.9. The van der Waals surface area contributed by atoms with Gasteiger partial charge in [-0.15, -0.1) is 0 Å². The van der Waals surface area contributed by atoms with E-state index in [9.17, 15) is 21.4 Å². The summed E-state index contributed by atoms with van der Waals surface area (Å²) in [6.07, 6.45) is 4.12. The Balaban J connectivity index is 1.66. The van der Waals surface area contributed by atoms with Crippen molar-refractivity contribution in [2.24, 2.45) is 0 Å². The van der Waals surface area contributed by atoms with Gasteiger partial charge in [0, 0.05) is 36.9 Å². The SMILES string of the molecule is O=S(=O)([O-])CCCN1/C(=C/c2cc[n+](CCCS(=O)(=O)O)c3ccccc23)Oc2ccccc21. The molecule has 0 unspecified atom stereocenters. The Bertz CT molecular complexity index is 1450. The minimum Gasteiger partial charge on any atom is -0.748 e. The van der Waals surface area contributed by atoms with Crippen molar-refractivity contribution in [3.05, 3.63) is 72.2 Å². The van der Waals surface area contributed by atoms with Gasteiger partial charge in [-0.2, -0.15) is 13.0 Å². The van der Waals surface area contributed by atoms with E-state index in [1.54, 1.807) is 0 Å². The third-order valence-corrected chi connectivity index (χ3v) is 7.04. The van der Waals surface area contributed by atoms with Gasteiger partial charge in [-0.05, 0) is 30.2 Å². The van der Waals surface area contributed by atoms with Crippen LogP contribution in [-0.4, -0.2) is 44.0 Å². The number of hydrogen-bond donors (Lipinski definition) is 1. The van der Waals surface area contributed by atoms with Gasteiger partial charge < -0.3 is 14.2 Å². The molecule has 1 N–H and O–H groups in total. The summed E-state index contributed by atoms with van der Waals surface area (Å²) in [5.74, 6) is 0.370. The average molecular weight is 505 g/mol. The fourth-order valence-electron chi connectivity index (χ4n) is 3.97. The summed E-state index contributed by atoms with van der Waals surface area (Å²) in [4.78, 5) is 1.85. The third kappa shape index (κ3) is 5.92. The molecule has 0 amide bonds. The van der Waals surface area contributed by atoms with Crippen molar-refractivity contribution in [2.75, 3.05) is 23.0 Å². The Kier molecular flexibility index (Phi) is 6.89. The maximum absolute atomic E-state index is 11.1. The zero-order valence-electron chi connectivity index (χ0n) is 18.2. The molecule has 11 heteroatoms. The highest BCUT2D eigenvalue weighted by molar-refractivity contribution is 7.85. The molecular formula is C23H24N2O7S2. The number of pyridine rings is 1. The quantitative estimate of drug-likeness (QED) is 0.348. The van der Waals surface area contributed by atoms with Gasteiger partial charge in [-0.25, -0.2) is 8.42 Å². The first kappa shape index (κ1) is 24.1. The summed E-state index contributed by atoms with van der Waals surface area (Å²) >= 11 is 0. The van der Waals surface area contributed by atoms with Crippen molar-refractivity contribution in [2.45, 2.75) is 19.4 Å². The van der Waals surface area contributed by atoms with E-state index in [-0.39, 0.29) is 18.6 Å². The number of aryl methyl sites for hydroxylation is 1. The molecule has 1 aliphatic rings. The number of benzene rings is 2. The molecule has 34 heavy (non-hydrogen) atoms. The number of nitrogens with zero attached hydrogens (tertiary/aromatic N) is 2. The second-order valence-electron chi connectivity index (χ2n) is 7.94. The second kappa shape index (κ2) is 9.71. The zero-order chi connectivity index (χ0) is 24.3. The van der Waals surface area contributed by atoms with E-state index in [0.29, 0.717) is 24.7 Å². The fourth-order valence-corrected chi connectivity index (χ4v) is 4.95. The van der Waals surface area contributed by atoms with Crippen molar-refractivity contribution in [1.29, 1.82) is 0 Å². The molecule has 3 aromatic rings. The first-order chi connectivity index (χ1) is 16.1. The van der Waals surface area contributed by atoms with Crippen LogP contribution in [0, 0.1) is 0 Å². The molecule has 0 spiro atoms. The summed E-state index contributed by atoms with van der Waals surface area (Å²) in [7, 11) is -8.34. The Morgan fingerprint density at radius 2 is 1.71 bits per heavy atom. The number of hydrogen-bond acceptors (Lipinski definition) is 7. The average Bonchev–Trinajstić information content (AvgIpc) is 3.11. The van der Waals surface area contributed by atoms with Crippen LogP contribution in [0.25, 0.3) is 17.0 Å². The van der Waals surface area contributed by atoms with Gasteiger partial charge in [0.2, 0.25) is 11.4 Å². The predicted octanol–water partition coefficient (Wildman–Crippen LogP) is 2.54. The molecule has 0 saturated carbocycles. The lowest BCUT2D eigenvalue weighted by molar-refractivity contribution is -0.671. The van der Waals surface area contributed by atoms with Crippen LogP contribution >= 0.6 is 0 Å². The normalized spacial score (nSPS) is 15.0. The van der Waals surface area contributed by atoms with Crippen LogP contribution in [0.15, 0.2) is 66.7 Å². The van der Waals surface area contributed by atoms with Crippen LogP contribution in [0.4, 0.5) is 5.69 Å². The zero-order valence-corrected chi connectivity index (χ0v) is 19.8. The van der Waals surface area contributed by atoms with E-state index < -0.39 is 26.0 Å². The maximum atomic E-state index is 11.1. The van der Waals surface area contributed by atoms with E-state index in [1.165, 1.54) is 0 Å². The lowest BCUT2D eigenvalue weighted by Crippen LogP contribution is -2.35. The van der Waals surface area contributed by atoms with Crippen LogP contribution in [-0.2, 0) is 26.8 Å². The Hall–Kier alpha value is -2.99. The topological polar surface area (TPSA) is 128 Å². The van der Waals surface area contributed by atoms with Crippen molar-refractivity contribution in [3.8, 4) is 5.75 Å². The van der Waals surface area contributed by atoms with Gasteiger partial charge in [0.05, 0.1) is 26.9 Å². The molecule has 4 rings (SSSR count). The third-order valence-electron chi connectivity index (χ3n) is 5.45. The molecule has 2 heterocycles. The van der Waals surface area contributed by atoms with Crippen molar-refractivity contribution in [1.82, 2.24) is 0 Å². The molecule has 1 aliphatic heterocycles. The molecule has 2 aromatic carbocycles. The molecule has 0 aliphatic carbocycles.